The number of carbonyl (C=O) groups is 1. The number of amides is 1. The van der Waals surface area contributed by atoms with Gasteiger partial charge in [0.25, 0.3) is 5.91 Å². The third-order valence-corrected chi connectivity index (χ3v) is 1.77. The van der Waals surface area contributed by atoms with Crippen LogP contribution in [-0.2, 0) is 0 Å². The Bertz CT molecular complexity index is 314. The average Bonchev–Trinajstić information content (AvgIpc) is 2.15. The summed E-state index contributed by atoms with van der Waals surface area (Å²) in [5.74, 6) is -0.307. The first kappa shape index (κ1) is 13.9. The second-order valence-electron chi connectivity index (χ2n) is 3.09. The molecule has 0 radical (unpaired) electrons. The van der Waals surface area contributed by atoms with E-state index in [1.807, 2.05) is 19.1 Å². The molecule has 1 aromatic carbocycles. The summed E-state index contributed by atoms with van der Waals surface area (Å²) in [6.45, 7) is 1.77. The van der Waals surface area contributed by atoms with Gasteiger partial charge in [0.15, 0.2) is 6.30 Å². The highest BCUT2D eigenvalue weighted by molar-refractivity contribution is 5.94. The lowest BCUT2D eigenvalue weighted by atomic mass is 10.1. The van der Waals surface area contributed by atoms with Crippen LogP contribution in [0.5, 0.6) is 0 Å². The van der Waals surface area contributed by atoms with Crippen LogP contribution in [0.1, 0.15) is 15.9 Å². The van der Waals surface area contributed by atoms with Crippen molar-refractivity contribution in [3.63, 3.8) is 0 Å². The molecule has 1 unspecified atom stereocenters. The number of nitrogens with two attached hydrogens (primary N) is 1. The van der Waals surface area contributed by atoms with Crippen molar-refractivity contribution in [2.24, 2.45) is 5.73 Å². The molecule has 1 aromatic rings. The van der Waals surface area contributed by atoms with Crippen molar-refractivity contribution in [2.45, 2.75) is 13.2 Å². The van der Waals surface area contributed by atoms with E-state index >= 15 is 0 Å². The molecule has 84 valence electrons. The van der Waals surface area contributed by atoms with Crippen LogP contribution < -0.4 is 11.1 Å². The van der Waals surface area contributed by atoms with Gasteiger partial charge in [-0.2, -0.15) is 0 Å². The SMILES string of the molecule is Cc1ccc(C(=O)NCC(N)F)cc1.Cl. The lowest BCUT2D eigenvalue weighted by Gasteiger charge is -2.05. The number of benzene rings is 1. The Labute approximate surface area is 94.3 Å². The molecule has 15 heavy (non-hydrogen) atoms. The Morgan fingerprint density at radius 1 is 1.47 bits per heavy atom. The largest absolute Gasteiger partial charge is 0.348 e. The minimum atomic E-state index is -1.51. The van der Waals surface area contributed by atoms with E-state index in [2.05, 4.69) is 5.32 Å². The Balaban J connectivity index is 0.00000196. The molecule has 3 nitrogen and oxygen atoms in total. The second-order valence-corrected chi connectivity index (χ2v) is 3.09. The number of aryl methyl sites for hydroxylation is 1. The van der Waals surface area contributed by atoms with Crippen molar-refractivity contribution in [3.05, 3.63) is 35.4 Å². The molecular weight excluding hydrogens is 219 g/mol. The zero-order valence-electron chi connectivity index (χ0n) is 8.37. The van der Waals surface area contributed by atoms with E-state index in [1.165, 1.54) is 0 Å². The molecule has 0 bridgehead atoms. The third-order valence-electron chi connectivity index (χ3n) is 1.77. The fraction of sp³-hybridized carbons (Fsp3) is 0.300. The average molecular weight is 233 g/mol. The number of hydrogen-bond donors (Lipinski definition) is 2. The molecule has 0 aliphatic rings. The predicted molar refractivity (Wildman–Crippen MR) is 59.8 cm³/mol. The zero-order valence-corrected chi connectivity index (χ0v) is 9.18. The van der Waals surface area contributed by atoms with Gasteiger partial charge in [-0.15, -0.1) is 12.4 Å². The number of nitrogens with one attached hydrogen (secondary N) is 1. The molecule has 1 rings (SSSR count). The normalized spacial score (nSPS) is 11.4. The maximum absolute atomic E-state index is 12.2. The van der Waals surface area contributed by atoms with Crippen LogP contribution in [-0.4, -0.2) is 18.7 Å². The van der Waals surface area contributed by atoms with Gasteiger partial charge in [-0.25, -0.2) is 4.39 Å². The third kappa shape index (κ3) is 4.76. The molecule has 0 aliphatic heterocycles. The lowest BCUT2D eigenvalue weighted by Crippen LogP contribution is -2.34. The highest BCUT2D eigenvalue weighted by Gasteiger charge is 2.05. The number of hydrogen-bond acceptors (Lipinski definition) is 2. The highest BCUT2D eigenvalue weighted by atomic mass is 35.5. The molecule has 1 atom stereocenters. The quantitative estimate of drug-likeness (QED) is 0.774. The zero-order chi connectivity index (χ0) is 10.6. The van der Waals surface area contributed by atoms with Crippen molar-refractivity contribution in [1.29, 1.82) is 0 Å². The van der Waals surface area contributed by atoms with E-state index < -0.39 is 6.30 Å². The predicted octanol–water partition coefficient (Wildman–Crippen LogP) is 1.40. The van der Waals surface area contributed by atoms with E-state index in [9.17, 15) is 9.18 Å². The van der Waals surface area contributed by atoms with Crippen molar-refractivity contribution >= 4 is 18.3 Å². The van der Waals surface area contributed by atoms with Crippen molar-refractivity contribution in [2.75, 3.05) is 6.54 Å². The molecule has 5 heteroatoms. The summed E-state index contributed by atoms with van der Waals surface area (Å²) < 4.78 is 12.2. The van der Waals surface area contributed by atoms with Gasteiger partial charge in [-0.3, -0.25) is 4.79 Å². The molecule has 0 heterocycles. The second kappa shape index (κ2) is 6.37. The molecule has 0 spiro atoms. The maximum Gasteiger partial charge on any atom is 0.251 e. The van der Waals surface area contributed by atoms with Crippen LogP contribution in [0, 0.1) is 6.92 Å². The Morgan fingerprint density at radius 3 is 2.47 bits per heavy atom. The molecule has 3 N–H and O–H groups in total. The summed E-state index contributed by atoms with van der Waals surface area (Å²) in [5.41, 5.74) is 6.44. The number of carbonyl (C=O) groups excluding carboxylic acids is 1. The van der Waals surface area contributed by atoms with Gasteiger partial charge in [-0.05, 0) is 19.1 Å². The first-order chi connectivity index (χ1) is 6.59. The molecular formula is C10H14ClFN2O. The minimum Gasteiger partial charge on any atom is -0.348 e. The number of rotatable bonds is 3. The molecule has 0 fully saturated rings. The van der Waals surface area contributed by atoms with Crippen LogP contribution in [0.3, 0.4) is 0 Å². The van der Waals surface area contributed by atoms with Gasteiger partial charge >= 0.3 is 0 Å². The highest BCUT2D eigenvalue weighted by Crippen LogP contribution is 2.02. The van der Waals surface area contributed by atoms with Crippen LogP contribution in [0.15, 0.2) is 24.3 Å². The van der Waals surface area contributed by atoms with E-state index in [0.29, 0.717) is 5.56 Å². The first-order valence-electron chi connectivity index (χ1n) is 4.34. The Kier molecular flexibility index (Phi) is 5.89. The molecule has 0 aromatic heterocycles. The lowest BCUT2D eigenvalue weighted by molar-refractivity contribution is 0.0942. The van der Waals surface area contributed by atoms with Gasteiger partial charge in [0.1, 0.15) is 0 Å². The molecule has 0 aliphatic carbocycles. The number of alkyl halides is 1. The summed E-state index contributed by atoms with van der Waals surface area (Å²) in [5, 5.41) is 2.38. The summed E-state index contributed by atoms with van der Waals surface area (Å²) >= 11 is 0. The first-order valence-corrected chi connectivity index (χ1v) is 4.34. The molecule has 0 saturated carbocycles. The van der Waals surface area contributed by atoms with Crippen LogP contribution >= 0.6 is 12.4 Å². The molecule has 0 saturated heterocycles. The summed E-state index contributed by atoms with van der Waals surface area (Å²) in [4.78, 5) is 11.3. The van der Waals surface area contributed by atoms with E-state index in [0.717, 1.165) is 5.56 Å². The van der Waals surface area contributed by atoms with E-state index in [1.54, 1.807) is 12.1 Å². The minimum absolute atomic E-state index is 0. The number of halogens is 2. The van der Waals surface area contributed by atoms with E-state index in [4.69, 9.17) is 5.73 Å². The smallest absolute Gasteiger partial charge is 0.251 e. The fourth-order valence-corrected chi connectivity index (χ4v) is 0.997. The van der Waals surface area contributed by atoms with Crippen molar-refractivity contribution in [1.82, 2.24) is 5.32 Å². The van der Waals surface area contributed by atoms with E-state index in [-0.39, 0.29) is 24.9 Å². The van der Waals surface area contributed by atoms with Crippen LogP contribution in [0.2, 0.25) is 0 Å². The monoisotopic (exact) mass is 232 g/mol. The molecule has 1 amide bonds. The Hall–Kier alpha value is -1.13. The summed E-state index contributed by atoms with van der Waals surface area (Å²) in [6, 6.07) is 7.03. The Morgan fingerprint density at radius 2 is 2.00 bits per heavy atom. The summed E-state index contributed by atoms with van der Waals surface area (Å²) in [7, 11) is 0. The van der Waals surface area contributed by atoms with Gasteiger partial charge < -0.3 is 11.1 Å². The van der Waals surface area contributed by atoms with Gasteiger partial charge in [-0.1, -0.05) is 17.7 Å². The summed E-state index contributed by atoms with van der Waals surface area (Å²) in [6.07, 6.45) is -1.51. The van der Waals surface area contributed by atoms with Gasteiger partial charge in [0.05, 0.1) is 6.54 Å². The van der Waals surface area contributed by atoms with Crippen LogP contribution in [0.25, 0.3) is 0 Å². The maximum atomic E-state index is 12.2. The van der Waals surface area contributed by atoms with Crippen molar-refractivity contribution in [3.8, 4) is 0 Å². The van der Waals surface area contributed by atoms with Crippen molar-refractivity contribution < 1.29 is 9.18 Å². The fourth-order valence-electron chi connectivity index (χ4n) is 0.997. The topological polar surface area (TPSA) is 55.1 Å². The van der Waals surface area contributed by atoms with Gasteiger partial charge in [0, 0.05) is 5.56 Å². The van der Waals surface area contributed by atoms with Gasteiger partial charge in [0.2, 0.25) is 0 Å². The standard InChI is InChI=1S/C10H13FN2O.ClH/c1-7-2-4-8(5-3-7)10(14)13-6-9(11)12;/h2-5,9H,6,12H2,1H3,(H,13,14);1H. The van der Waals surface area contributed by atoms with Crippen LogP contribution in [0.4, 0.5) is 4.39 Å².